The highest BCUT2D eigenvalue weighted by atomic mass is 16.4. The number of hydrogen-bond acceptors (Lipinski definition) is 2. The minimum absolute atomic E-state index is 0.0223. The molecule has 0 bridgehead atoms. The van der Waals surface area contributed by atoms with Crippen LogP contribution in [0.25, 0.3) is 0 Å². The van der Waals surface area contributed by atoms with E-state index in [1.165, 1.54) is 0 Å². The van der Waals surface area contributed by atoms with E-state index in [9.17, 15) is 9.59 Å². The molecule has 2 atom stereocenters. The third kappa shape index (κ3) is 5.06. The van der Waals surface area contributed by atoms with Gasteiger partial charge in [-0.15, -0.1) is 0 Å². The molecule has 0 aromatic carbocycles. The van der Waals surface area contributed by atoms with Crippen molar-refractivity contribution in [2.75, 3.05) is 19.6 Å². The van der Waals surface area contributed by atoms with E-state index in [0.29, 0.717) is 11.8 Å². The average molecular weight is 242 g/mol. The molecule has 0 aliphatic carbocycles. The van der Waals surface area contributed by atoms with Gasteiger partial charge in [-0.2, -0.15) is 0 Å². The molecule has 0 aromatic heterocycles. The molecule has 1 rings (SSSR count). The van der Waals surface area contributed by atoms with E-state index in [4.69, 9.17) is 5.11 Å². The number of carboxylic acids is 1. The van der Waals surface area contributed by atoms with Gasteiger partial charge >= 0.3 is 12.0 Å². The van der Waals surface area contributed by atoms with Gasteiger partial charge in [-0.3, -0.25) is 4.79 Å². The van der Waals surface area contributed by atoms with Gasteiger partial charge in [0, 0.05) is 19.6 Å². The van der Waals surface area contributed by atoms with E-state index in [0.717, 1.165) is 25.9 Å². The van der Waals surface area contributed by atoms with Crippen molar-refractivity contribution in [3.63, 3.8) is 0 Å². The topological polar surface area (TPSA) is 69.6 Å². The van der Waals surface area contributed by atoms with Crippen LogP contribution in [-0.4, -0.2) is 41.6 Å². The number of hydrogen-bond donors (Lipinski definition) is 2. The van der Waals surface area contributed by atoms with Crippen molar-refractivity contribution in [2.24, 2.45) is 11.8 Å². The first-order valence-electron chi connectivity index (χ1n) is 6.23. The highest BCUT2D eigenvalue weighted by Gasteiger charge is 2.22. The van der Waals surface area contributed by atoms with Crippen LogP contribution in [-0.2, 0) is 4.79 Å². The molecule has 98 valence electrons. The number of rotatable bonds is 3. The first-order chi connectivity index (χ1) is 7.99. The predicted octanol–water partition coefficient (Wildman–Crippen LogP) is 1.54. The number of carboxylic acid groups (broad SMARTS) is 1. The molecule has 5 nitrogen and oxygen atoms in total. The molecule has 1 saturated heterocycles. The molecule has 17 heavy (non-hydrogen) atoms. The molecule has 1 aliphatic rings. The summed E-state index contributed by atoms with van der Waals surface area (Å²) in [5.74, 6) is 0.280. The molecule has 0 aromatic rings. The lowest BCUT2D eigenvalue weighted by molar-refractivity contribution is -0.136. The second-order valence-corrected chi connectivity index (χ2v) is 5.06. The van der Waals surface area contributed by atoms with Crippen molar-refractivity contribution >= 4 is 12.0 Å². The summed E-state index contributed by atoms with van der Waals surface area (Å²) < 4.78 is 0. The fourth-order valence-electron chi connectivity index (χ4n) is 2.30. The number of likely N-dealkylation sites (tertiary alicyclic amines) is 1. The van der Waals surface area contributed by atoms with Crippen molar-refractivity contribution in [1.29, 1.82) is 0 Å². The van der Waals surface area contributed by atoms with Crippen molar-refractivity contribution in [1.82, 2.24) is 10.2 Å². The molecule has 1 fully saturated rings. The van der Waals surface area contributed by atoms with Crippen LogP contribution in [0.1, 0.15) is 33.1 Å². The highest BCUT2D eigenvalue weighted by molar-refractivity contribution is 5.75. The van der Waals surface area contributed by atoms with Crippen LogP contribution >= 0.6 is 0 Å². The van der Waals surface area contributed by atoms with E-state index in [2.05, 4.69) is 19.2 Å². The highest BCUT2D eigenvalue weighted by Crippen LogP contribution is 2.21. The van der Waals surface area contributed by atoms with Crippen molar-refractivity contribution in [3.8, 4) is 0 Å². The maximum atomic E-state index is 11.8. The van der Waals surface area contributed by atoms with Crippen LogP contribution < -0.4 is 5.32 Å². The molecule has 0 radical (unpaired) electrons. The zero-order chi connectivity index (χ0) is 12.8. The van der Waals surface area contributed by atoms with Gasteiger partial charge in [0.15, 0.2) is 0 Å². The molecule has 0 saturated carbocycles. The summed E-state index contributed by atoms with van der Waals surface area (Å²) in [6, 6.07) is -0.132. The number of carbonyl (C=O) groups is 2. The molecule has 0 spiro atoms. The molecule has 2 unspecified atom stereocenters. The summed E-state index contributed by atoms with van der Waals surface area (Å²) in [5.41, 5.74) is 0. The monoisotopic (exact) mass is 242 g/mol. The molecule has 5 heteroatoms. The predicted molar refractivity (Wildman–Crippen MR) is 64.8 cm³/mol. The van der Waals surface area contributed by atoms with Gasteiger partial charge in [0.05, 0.1) is 6.42 Å². The number of carbonyl (C=O) groups excluding carboxylic acids is 1. The van der Waals surface area contributed by atoms with E-state index in [-0.39, 0.29) is 19.0 Å². The van der Waals surface area contributed by atoms with E-state index < -0.39 is 5.97 Å². The summed E-state index contributed by atoms with van der Waals surface area (Å²) in [6.07, 6.45) is 2.15. The average Bonchev–Trinajstić information content (AvgIpc) is 2.38. The van der Waals surface area contributed by atoms with Gasteiger partial charge in [0.2, 0.25) is 0 Å². The van der Waals surface area contributed by atoms with E-state index in [1.807, 2.05) is 0 Å². The Kier molecular flexibility index (Phi) is 5.25. The van der Waals surface area contributed by atoms with Gasteiger partial charge in [0.1, 0.15) is 0 Å². The van der Waals surface area contributed by atoms with Gasteiger partial charge in [-0.1, -0.05) is 13.8 Å². The Hall–Kier alpha value is -1.26. The molecular weight excluding hydrogens is 220 g/mol. The number of urea groups is 1. The zero-order valence-corrected chi connectivity index (χ0v) is 10.6. The standard InChI is InChI=1S/C12H22N2O3/c1-9-4-6-14(8-10(2)7-9)12(17)13-5-3-11(15)16/h9-10H,3-8H2,1-2H3,(H,13,17)(H,15,16). The molecule has 2 amide bonds. The SMILES string of the molecule is CC1CCN(C(=O)NCCC(=O)O)CC(C)C1. The Balaban J connectivity index is 2.37. The summed E-state index contributed by atoms with van der Waals surface area (Å²) in [4.78, 5) is 24.0. The van der Waals surface area contributed by atoms with Gasteiger partial charge in [-0.05, 0) is 24.7 Å². The lowest BCUT2D eigenvalue weighted by Gasteiger charge is -2.22. The first-order valence-corrected chi connectivity index (χ1v) is 6.23. The second kappa shape index (κ2) is 6.47. The van der Waals surface area contributed by atoms with E-state index >= 15 is 0 Å². The summed E-state index contributed by atoms with van der Waals surface area (Å²) in [7, 11) is 0. The van der Waals surface area contributed by atoms with Gasteiger partial charge < -0.3 is 15.3 Å². The van der Waals surface area contributed by atoms with Crippen LogP contribution in [0.5, 0.6) is 0 Å². The molecule has 1 heterocycles. The Labute approximate surface area is 102 Å². The maximum Gasteiger partial charge on any atom is 0.317 e. The minimum atomic E-state index is -0.886. The normalized spacial score (nSPS) is 25.2. The molecular formula is C12H22N2O3. The quantitative estimate of drug-likeness (QED) is 0.788. The zero-order valence-electron chi connectivity index (χ0n) is 10.6. The minimum Gasteiger partial charge on any atom is -0.481 e. The Morgan fingerprint density at radius 3 is 2.71 bits per heavy atom. The second-order valence-electron chi connectivity index (χ2n) is 5.06. The maximum absolute atomic E-state index is 11.8. The molecule has 1 aliphatic heterocycles. The lowest BCUT2D eigenvalue weighted by Crippen LogP contribution is -2.42. The fourth-order valence-corrected chi connectivity index (χ4v) is 2.30. The number of amides is 2. The fraction of sp³-hybridized carbons (Fsp3) is 0.833. The lowest BCUT2D eigenvalue weighted by atomic mass is 9.97. The third-order valence-electron chi connectivity index (χ3n) is 3.13. The number of nitrogens with zero attached hydrogens (tertiary/aromatic N) is 1. The Morgan fingerprint density at radius 1 is 1.35 bits per heavy atom. The van der Waals surface area contributed by atoms with Gasteiger partial charge in [-0.25, -0.2) is 4.79 Å². The Morgan fingerprint density at radius 2 is 2.06 bits per heavy atom. The number of aliphatic carboxylic acids is 1. The summed E-state index contributed by atoms with van der Waals surface area (Å²) in [5, 5.41) is 11.1. The first kappa shape index (κ1) is 13.8. The van der Waals surface area contributed by atoms with Crippen molar-refractivity contribution < 1.29 is 14.7 Å². The van der Waals surface area contributed by atoms with Crippen LogP contribution in [0.2, 0.25) is 0 Å². The Bertz CT molecular complexity index is 281. The summed E-state index contributed by atoms with van der Waals surface area (Å²) in [6.45, 7) is 6.10. The smallest absolute Gasteiger partial charge is 0.317 e. The van der Waals surface area contributed by atoms with E-state index in [1.54, 1.807) is 4.90 Å². The van der Waals surface area contributed by atoms with Crippen LogP contribution in [0, 0.1) is 11.8 Å². The van der Waals surface area contributed by atoms with Crippen molar-refractivity contribution in [3.05, 3.63) is 0 Å². The van der Waals surface area contributed by atoms with Crippen LogP contribution in [0.15, 0.2) is 0 Å². The van der Waals surface area contributed by atoms with Crippen LogP contribution in [0.3, 0.4) is 0 Å². The molecule has 2 N–H and O–H groups in total. The third-order valence-corrected chi connectivity index (χ3v) is 3.13. The van der Waals surface area contributed by atoms with Crippen LogP contribution in [0.4, 0.5) is 4.79 Å². The summed E-state index contributed by atoms with van der Waals surface area (Å²) >= 11 is 0. The van der Waals surface area contributed by atoms with Gasteiger partial charge in [0.25, 0.3) is 0 Å². The largest absolute Gasteiger partial charge is 0.481 e. The van der Waals surface area contributed by atoms with Crippen molar-refractivity contribution in [2.45, 2.75) is 33.1 Å². The number of nitrogens with one attached hydrogen (secondary N) is 1.